The molecule has 1 N–H and O–H groups in total. The van der Waals surface area contributed by atoms with Crippen molar-refractivity contribution < 1.29 is 4.42 Å². The van der Waals surface area contributed by atoms with Crippen LogP contribution in [0.3, 0.4) is 0 Å². The largest absolute Gasteiger partial charge is 0.437 e. The number of nitrogens with one attached hydrogen (secondary N) is 1. The van der Waals surface area contributed by atoms with E-state index < -0.39 is 0 Å². The summed E-state index contributed by atoms with van der Waals surface area (Å²) in [6.45, 7) is 0. The third kappa shape index (κ3) is 1.48. The monoisotopic (exact) mass is 245 g/mol. The minimum Gasteiger partial charge on any atom is -0.437 e. The van der Waals surface area contributed by atoms with E-state index >= 15 is 0 Å². The van der Waals surface area contributed by atoms with Gasteiger partial charge in [0.25, 0.3) is 0 Å². The fraction of sp³-hybridized carbons (Fsp3) is 0. The summed E-state index contributed by atoms with van der Waals surface area (Å²) in [5.74, 6) is 0. The van der Waals surface area contributed by atoms with Gasteiger partial charge in [0.15, 0.2) is 0 Å². The van der Waals surface area contributed by atoms with Crippen LogP contribution in [-0.4, -0.2) is 0 Å². The van der Waals surface area contributed by atoms with Crippen LogP contribution in [-0.2, 0) is 0 Å². The maximum atomic E-state index is 9.31. The lowest BCUT2D eigenvalue weighted by atomic mass is 10.00. The summed E-state index contributed by atoms with van der Waals surface area (Å²) in [5, 5.41) is 28.4. The summed E-state index contributed by atoms with van der Waals surface area (Å²) < 4.78 is 5.33. The molecule has 0 aliphatic heterocycles. The number of hydrogen-bond donors (Lipinski definition) is 1. The second-order valence-electron chi connectivity index (χ2n) is 4.06. The standard InChI is InChI=1S/C15H7N3O/c16-7-11-12(8-17)15(18)19-13-6-5-9-3-1-2-4-10(9)14(11)13/h1-6,18H. The highest BCUT2D eigenvalue weighted by Crippen LogP contribution is 2.28. The summed E-state index contributed by atoms with van der Waals surface area (Å²) >= 11 is 0. The zero-order valence-electron chi connectivity index (χ0n) is 9.77. The summed E-state index contributed by atoms with van der Waals surface area (Å²) in [6.07, 6.45) is 0. The number of fused-ring (bicyclic) bond motifs is 3. The lowest BCUT2D eigenvalue weighted by Crippen LogP contribution is -2.07. The molecule has 0 bridgehead atoms. The smallest absolute Gasteiger partial charge is 0.231 e. The van der Waals surface area contributed by atoms with E-state index in [9.17, 15) is 5.26 Å². The van der Waals surface area contributed by atoms with E-state index in [1.54, 1.807) is 6.07 Å². The van der Waals surface area contributed by atoms with E-state index in [1.807, 2.05) is 42.5 Å². The number of hydrogen-bond acceptors (Lipinski definition) is 4. The van der Waals surface area contributed by atoms with E-state index in [0.717, 1.165) is 10.8 Å². The molecule has 0 unspecified atom stereocenters. The van der Waals surface area contributed by atoms with Gasteiger partial charge in [0.1, 0.15) is 23.3 Å². The maximum absolute atomic E-state index is 9.31. The van der Waals surface area contributed by atoms with Crippen molar-refractivity contribution >= 4 is 21.7 Å². The molecule has 4 nitrogen and oxygen atoms in total. The Hall–Kier alpha value is -3.11. The van der Waals surface area contributed by atoms with Gasteiger partial charge in [-0.3, -0.25) is 5.41 Å². The molecule has 0 fully saturated rings. The van der Waals surface area contributed by atoms with Gasteiger partial charge in [-0.25, -0.2) is 0 Å². The molecule has 0 amide bonds. The van der Waals surface area contributed by atoms with Crippen LogP contribution in [0.2, 0.25) is 0 Å². The topological polar surface area (TPSA) is 84.6 Å². The van der Waals surface area contributed by atoms with Gasteiger partial charge < -0.3 is 4.42 Å². The molecule has 0 saturated heterocycles. The van der Waals surface area contributed by atoms with Crippen LogP contribution in [0.5, 0.6) is 0 Å². The predicted molar refractivity (Wildman–Crippen MR) is 69.0 cm³/mol. The van der Waals surface area contributed by atoms with Crippen molar-refractivity contribution in [2.45, 2.75) is 0 Å². The molecule has 4 heteroatoms. The van der Waals surface area contributed by atoms with Crippen LogP contribution < -0.4 is 5.55 Å². The lowest BCUT2D eigenvalue weighted by Gasteiger charge is -2.05. The van der Waals surface area contributed by atoms with Gasteiger partial charge in [0.2, 0.25) is 5.55 Å². The predicted octanol–water partition coefficient (Wildman–Crippen LogP) is 2.81. The third-order valence-corrected chi connectivity index (χ3v) is 3.05. The fourth-order valence-electron chi connectivity index (χ4n) is 2.21. The Kier molecular flexibility index (Phi) is 2.30. The van der Waals surface area contributed by atoms with Crippen molar-refractivity contribution in [2.75, 3.05) is 0 Å². The first-order chi connectivity index (χ1) is 9.26. The van der Waals surface area contributed by atoms with E-state index in [1.165, 1.54) is 0 Å². The van der Waals surface area contributed by atoms with Gasteiger partial charge in [-0.05, 0) is 16.8 Å². The van der Waals surface area contributed by atoms with Crippen LogP contribution in [0, 0.1) is 28.1 Å². The van der Waals surface area contributed by atoms with Gasteiger partial charge in [0.05, 0.1) is 5.56 Å². The molecule has 0 spiro atoms. The Morgan fingerprint density at radius 2 is 1.68 bits per heavy atom. The molecule has 3 rings (SSSR count). The highest BCUT2D eigenvalue weighted by atomic mass is 16.3. The zero-order valence-corrected chi connectivity index (χ0v) is 9.77. The molecule has 19 heavy (non-hydrogen) atoms. The van der Waals surface area contributed by atoms with E-state index in [4.69, 9.17) is 15.1 Å². The fourth-order valence-corrected chi connectivity index (χ4v) is 2.21. The number of benzene rings is 2. The number of rotatable bonds is 0. The van der Waals surface area contributed by atoms with Crippen LogP contribution >= 0.6 is 0 Å². The first-order valence-electron chi connectivity index (χ1n) is 5.59. The molecule has 3 aromatic rings. The quantitative estimate of drug-likeness (QED) is 0.618. The van der Waals surface area contributed by atoms with Gasteiger partial charge in [-0.15, -0.1) is 0 Å². The second-order valence-corrected chi connectivity index (χ2v) is 4.06. The summed E-state index contributed by atoms with van der Waals surface area (Å²) in [6, 6.07) is 15.0. The van der Waals surface area contributed by atoms with Crippen molar-refractivity contribution in [3.05, 3.63) is 53.1 Å². The van der Waals surface area contributed by atoms with Gasteiger partial charge >= 0.3 is 0 Å². The molecule has 0 aliphatic carbocycles. The molecule has 0 aliphatic rings. The van der Waals surface area contributed by atoms with Crippen molar-refractivity contribution in [2.24, 2.45) is 0 Å². The average Bonchev–Trinajstić information content (AvgIpc) is 2.45. The van der Waals surface area contributed by atoms with Gasteiger partial charge in [-0.2, -0.15) is 10.5 Å². The Labute approximate surface area is 108 Å². The molecule has 88 valence electrons. The first-order valence-corrected chi connectivity index (χ1v) is 5.59. The SMILES string of the molecule is N#Cc1c(C#N)c2c(ccc3ccccc32)oc1=N. The van der Waals surface area contributed by atoms with E-state index in [2.05, 4.69) is 0 Å². The zero-order chi connectivity index (χ0) is 13.4. The average molecular weight is 245 g/mol. The van der Waals surface area contributed by atoms with Gasteiger partial charge in [0, 0.05) is 5.39 Å². The van der Waals surface area contributed by atoms with Gasteiger partial charge in [-0.1, -0.05) is 30.3 Å². The summed E-state index contributed by atoms with van der Waals surface area (Å²) in [5.41, 5.74) is 0.345. The van der Waals surface area contributed by atoms with Crippen molar-refractivity contribution in [3.63, 3.8) is 0 Å². The minimum atomic E-state index is -0.276. The highest BCUT2D eigenvalue weighted by molar-refractivity contribution is 6.08. The maximum Gasteiger partial charge on any atom is 0.231 e. The molecule has 2 aromatic carbocycles. The molecule has 0 saturated carbocycles. The molecule has 1 aromatic heterocycles. The first kappa shape index (κ1) is 11.0. The van der Waals surface area contributed by atoms with E-state index in [-0.39, 0.29) is 16.7 Å². The minimum absolute atomic E-state index is 0.0219. The van der Waals surface area contributed by atoms with Crippen LogP contribution in [0.25, 0.3) is 21.7 Å². The van der Waals surface area contributed by atoms with E-state index in [0.29, 0.717) is 11.0 Å². The molecular formula is C15H7N3O. The number of nitriles is 2. The third-order valence-electron chi connectivity index (χ3n) is 3.05. The molecule has 0 atom stereocenters. The van der Waals surface area contributed by atoms with Crippen molar-refractivity contribution in [1.82, 2.24) is 0 Å². The lowest BCUT2D eigenvalue weighted by molar-refractivity contribution is 0.530. The molecular weight excluding hydrogens is 238 g/mol. The Bertz CT molecular complexity index is 955. The van der Waals surface area contributed by atoms with Crippen LogP contribution in [0.1, 0.15) is 11.1 Å². The van der Waals surface area contributed by atoms with Crippen LogP contribution in [0.4, 0.5) is 0 Å². The summed E-state index contributed by atoms with van der Waals surface area (Å²) in [7, 11) is 0. The normalized spacial score (nSPS) is 10.2. The van der Waals surface area contributed by atoms with Crippen molar-refractivity contribution in [3.8, 4) is 12.1 Å². The second kappa shape index (κ2) is 3.97. The van der Waals surface area contributed by atoms with Crippen LogP contribution in [0.15, 0.2) is 40.8 Å². The molecule has 0 radical (unpaired) electrons. The van der Waals surface area contributed by atoms with Crippen molar-refractivity contribution in [1.29, 1.82) is 15.9 Å². The highest BCUT2D eigenvalue weighted by Gasteiger charge is 2.14. The molecule has 1 heterocycles. The summed E-state index contributed by atoms with van der Waals surface area (Å²) in [4.78, 5) is 0. The Balaban J connectivity index is 2.71. The Morgan fingerprint density at radius 1 is 0.947 bits per heavy atom. The Morgan fingerprint density at radius 3 is 2.42 bits per heavy atom. The number of nitrogens with zero attached hydrogens (tertiary/aromatic N) is 2.